The number of fused-ring (bicyclic) bond motifs is 1. The third-order valence-corrected chi connectivity index (χ3v) is 8.73. The summed E-state index contributed by atoms with van der Waals surface area (Å²) in [5, 5.41) is 12.5. The topological polar surface area (TPSA) is 105 Å². The Morgan fingerprint density at radius 1 is 1.27 bits per heavy atom. The number of hydrogen-bond acceptors (Lipinski definition) is 7. The van der Waals surface area contributed by atoms with Crippen LogP contribution in [0, 0.1) is 5.92 Å². The lowest BCUT2D eigenvalue weighted by molar-refractivity contribution is -0.141. The fourth-order valence-corrected chi connectivity index (χ4v) is 6.84. The number of ether oxygens (including phenoxy) is 1. The number of carbonyl (C=O) groups excluding carboxylic acids is 2. The van der Waals surface area contributed by atoms with Crippen molar-refractivity contribution in [3.8, 4) is 10.6 Å². The lowest BCUT2D eigenvalue weighted by Crippen LogP contribution is -2.56. The molecule has 3 aliphatic rings. The van der Waals surface area contributed by atoms with E-state index in [0.29, 0.717) is 29.7 Å². The van der Waals surface area contributed by atoms with E-state index in [9.17, 15) is 27.9 Å². The number of thiazole rings is 1. The zero-order valence-electron chi connectivity index (χ0n) is 19.7. The number of nitrogens with zero attached hydrogens (tertiary/aromatic N) is 3. The monoisotopic (exact) mass is 558 g/mol. The van der Waals surface area contributed by atoms with Crippen LogP contribution in [0.5, 0.6) is 0 Å². The van der Waals surface area contributed by atoms with Crippen LogP contribution in [-0.4, -0.2) is 74.6 Å². The van der Waals surface area contributed by atoms with E-state index in [1.165, 1.54) is 17.3 Å². The van der Waals surface area contributed by atoms with Gasteiger partial charge in [0.25, 0.3) is 5.91 Å². The van der Waals surface area contributed by atoms with Crippen molar-refractivity contribution >= 4 is 34.8 Å². The van der Waals surface area contributed by atoms with E-state index in [0.717, 1.165) is 19.3 Å². The van der Waals surface area contributed by atoms with Gasteiger partial charge in [-0.2, -0.15) is 13.2 Å². The molecule has 0 bridgehead atoms. The number of hydrogen-bond donors (Lipinski definition) is 2. The molecule has 2 saturated heterocycles. The van der Waals surface area contributed by atoms with Gasteiger partial charge in [-0.1, -0.05) is 19.3 Å². The molecule has 1 saturated carbocycles. The van der Waals surface area contributed by atoms with Crippen LogP contribution in [0.25, 0.3) is 10.6 Å². The molecule has 4 heterocycles. The zero-order valence-corrected chi connectivity index (χ0v) is 21.2. The number of alkyl halides is 4. The lowest BCUT2D eigenvalue weighted by Gasteiger charge is -2.35. The molecule has 0 radical (unpaired) electrons. The third-order valence-electron chi connectivity index (χ3n) is 7.25. The number of amides is 2. The summed E-state index contributed by atoms with van der Waals surface area (Å²) in [4.78, 5) is 35.6. The van der Waals surface area contributed by atoms with E-state index in [4.69, 9.17) is 16.3 Å². The van der Waals surface area contributed by atoms with Crippen LogP contribution in [-0.2, 0) is 15.7 Å². The van der Waals surface area contributed by atoms with Gasteiger partial charge >= 0.3 is 6.18 Å². The minimum Gasteiger partial charge on any atom is -0.388 e. The first kappa shape index (κ1) is 26.3. The second-order valence-corrected chi connectivity index (χ2v) is 11.2. The summed E-state index contributed by atoms with van der Waals surface area (Å²) in [7, 11) is 0. The molecule has 2 amide bonds. The molecule has 5 rings (SSSR count). The zero-order chi connectivity index (χ0) is 26.3. The number of halogens is 4. The van der Waals surface area contributed by atoms with Gasteiger partial charge in [0.1, 0.15) is 22.0 Å². The SMILES string of the molecule is O=C(N[C@H](C(=O)N1C[C@H](Cl)[C@H]2OC[C@H](O)[C@H]21)C1CCCCC1)c1sc(-c2cccnc2)nc1C(F)(F)F. The van der Waals surface area contributed by atoms with E-state index in [1.807, 2.05) is 0 Å². The summed E-state index contributed by atoms with van der Waals surface area (Å²) in [6.45, 7) is 0.154. The van der Waals surface area contributed by atoms with Crippen LogP contribution in [0.3, 0.4) is 0 Å². The fourth-order valence-electron chi connectivity index (χ4n) is 5.49. The molecule has 2 N–H and O–H groups in total. The summed E-state index contributed by atoms with van der Waals surface area (Å²) in [5.41, 5.74) is -0.950. The number of aromatic nitrogens is 2. The number of likely N-dealkylation sites (tertiary alicyclic amines) is 1. The average Bonchev–Trinajstić information content (AvgIpc) is 3.59. The Morgan fingerprint density at radius 3 is 2.70 bits per heavy atom. The van der Waals surface area contributed by atoms with Gasteiger partial charge in [0.05, 0.1) is 24.1 Å². The molecule has 2 aromatic heterocycles. The fraction of sp³-hybridized carbons (Fsp3) is 0.583. The van der Waals surface area contributed by atoms with Gasteiger partial charge in [-0.3, -0.25) is 14.6 Å². The molecule has 8 nitrogen and oxygen atoms in total. The van der Waals surface area contributed by atoms with Gasteiger partial charge in [-0.05, 0) is 30.9 Å². The first-order valence-electron chi connectivity index (χ1n) is 12.2. The first-order chi connectivity index (χ1) is 17.6. The normalized spacial score (nSPS) is 27.2. The van der Waals surface area contributed by atoms with Crippen LogP contribution in [0.15, 0.2) is 24.5 Å². The summed E-state index contributed by atoms with van der Waals surface area (Å²) in [6, 6.07) is 1.40. The highest BCUT2D eigenvalue weighted by molar-refractivity contribution is 7.17. The Labute approximate surface area is 220 Å². The van der Waals surface area contributed by atoms with E-state index in [2.05, 4.69) is 15.3 Å². The summed E-state index contributed by atoms with van der Waals surface area (Å²) in [5.74, 6) is -1.73. The molecule has 5 atom stereocenters. The number of aliphatic hydroxyl groups excluding tert-OH is 1. The van der Waals surface area contributed by atoms with Crippen LogP contribution < -0.4 is 5.32 Å². The van der Waals surface area contributed by atoms with Crippen molar-refractivity contribution in [1.29, 1.82) is 0 Å². The summed E-state index contributed by atoms with van der Waals surface area (Å²) in [6.07, 6.45) is 0.497. The van der Waals surface area contributed by atoms with Gasteiger partial charge in [0.2, 0.25) is 5.91 Å². The predicted molar refractivity (Wildman–Crippen MR) is 129 cm³/mol. The molecular weight excluding hydrogens is 533 g/mol. The number of carbonyl (C=O) groups is 2. The number of nitrogens with one attached hydrogen (secondary N) is 1. The Hall–Kier alpha value is -2.28. The molecule has 0 aromatic carbocycles. The van der Waals surface area contributed by atoms with Crippen molar-refractivity contribution in [3.63, 3.8) is 0 Å². The molecule has 13 heteroatoms. The van der Waals surface area contributed by atoms with E-state index < -0.39 is 58.2 Å². The Morgan fingerprint density at radius 2 is 2.03 bits per heavy atom. The van der Waals surface area contributed by atoms with Crippen LogP contribution in [0.4, 0.5) is 13.2 Å². The standard InChI is InChI=1S/C24H26ClF3N4O4S/c25-14-10-32(17-15(33)11-36-18(14)17)23(35)16(12-5-2-1-3-6-12)30-21(34)19-20(24(26,27)28)31-22(37-19)13-7-4-8-29-9-13/h4,7-9,12,14-18,33H,1-3,5-6,10-11H2,(H,30,34)/t14-,15-,16-,17+,18+/m0/s1. The highest BCUT2D eigenvalue weighted by Crippen LogP contribution is 2.39. The van der Waals surface area contributed by atoms with Crippen LogP contribution >= 0.6 is 22.9 Å². The molecule has 2 aromatic rings. The lowest BCUT2D eigenvalue weighted by atomic mass is 9.83. The van der Waals surface area contributed by atoms with Gasteiger partial charge in [0, 0.05) is 24.5 Å². The number of rotatable bonds is 5. The highest BCUT2D eigenvalue weighted by Gasteiger charge is 2.53. The third kappa shape index (κ3) is 5.21. The maximum Gasteiger partial charge on any atom is 0.435 e. The largest absolute Gasteiger partial charge is 0.435 e. The molecular formula is C24H26ClF3N4O4S. The average molecular weight is 559 g/mol. The Bertz CT molecular complexity index is 1140. The number of aliphatic hydroxyl groups is 1. The maximum atomic E-state index is 13.9. The van der Waals surface area contributed by atoms with E-state index >= 15 is 0 Å². The molecule has 2 aliphatic heterocycles. The van der Waals surface area contributed by atoms with Crippen molar-refractivity contribution in [2.24, 2.45) is 5.92 Å². The molecule has 0 unspecified atom stereocenters. The van der Waals surface area contributed by atoms with Gasteiger partial charge in [-0.25, -0.2) is 4.98 Å². The van der Waals surface area contributed by atoms with Gasteiger partial charge < -0.3 is 20.1 Å². The van der Waals surface area contributed by atoms with Gasteiger partial charge in [-0.15, -0.1) is 22.9 Å². The predicted octanol–water partition coefficient (Wildman–Crippen LogP) is 3.48. The van der Waals surface area contributed by atoms with Crippen molar-refractivity contribution in [2.45, 2.75) is 67.9 Å². The maximum absolute atomic E-state index is 13.9. The van der Waals surface area contributed by atoms with Crippen molar-refractivity contribution in [3.05, 3.63) is 35.1 Å². The van der Waals surface area contributed by atoms with Crippen LogP contribution in [0.2, 0.25) is 0 Å². The summed E-state index contributed by atoms with van der Waals surface area (Å²) >= 11 is 6.99. The molecule has 1 aliphatic carbocycles. The van der Waals surface area contributed by atoms with Crippen LogP contribution in [0.1, 0.15) is 47.5 Å². The minimum absolute atomic E-state index is 0.00436. The number of pyridine rings is 1. The Kier molecular flexibility index (Phi) is 7.45. The van der Waals surface area contributed by atoms with Crippen molar-refractivity contribution < 1.29 is 32.6 Å². The first-order valence-corrected chi connectivity index (χ1v) is 13.4. The second kappa shape index (κ2) is 10.5. The van der Waals surface area contributed by atoms with Crippen molar-refractivity contribution in [1.82, 2.24) is 20.2 Å². The molecule has 200 valence electrons. The molecule has 3 fully saturated rings. The minimum atomic E-state index is -4.87. The Balaban J connectivity index is 1.45. The smallest absolute Gasteiger partial charge is 0.388 e. The molecule has 37 heavy (non-hydrogen) atoms. The summed E-state index contributed by atoms with van der Waals surface area (Å²) < 4.78 is 47.2. The van der Waals surface area contributed by atoms with Gasteiger partial charge in [0.15, 0.2) is 5.69 Å². The second-order valence-electron chi connectivity index (χ2n) is 9.65. The van der Waals surface area contributed by atoms with E-state index in [-0.39, 0.29) is 24.1 Å². The highest BCUT2D eigenvalue weighted by atomic mass is 35.5. The van der Waals surface area contributed by atoms with Crippen molar-refractivity contribution in [2.75, 3.05) is 13.2 Å². The quantitative estimate of drug-likeness (QED) is 0.545. The van der Waals surface area contributed by atoms with E-state index in [1.54, 1.807) is 12.1 Å². The molecule has 0 spiro atoms.